The van der Waals surface area contributed by atoms with Crippen molar-refractivity contribution in [3.05, 3.63) is 46.1 Å². The van der Waals surface area contributed by atoms with Gasteiger partial charge in [0.05, 0.1) is 5.52 Å². The first-order valence-corrected chi connectivity index (χ1v) is 6.17. The van der Waals surface area contributed by atoms with Crippen molar-refractivity contribution < 1.29 is 0 Å². The highest BCUT2D eigenvalue weighted by atomic mass is 35.5. The molecule has 2 heterocycles. The van der Waals surface area contributed by atoms with E-state index in [1.807, 2.05) is 31.2 Å². The minimum Gasteiger partial charge on any atom is -0.337 e. The van der Waals surface area contributed by atoms with Gasteiger partial charge in [0, 0.05) is 21.3 Å². The lowest BCUT2D eigenvalue weighted by atomic mass is 10.2. The summed E-state index contributed by atoms with van der Waals surface area (Å²) in [4.78, 5) is 12.0. The van der Waals surface area contributed by atoms with Gasteiger partial charge in [-0.15, -0.1) is 0 Å². The van der Waals surface area contributed by atoms with E-state index >= 15 is 0 Å². The van der Waals surface area contributed by atoms with Gasteiger partial charge >= 0.3 is 0 Å². The van der Waals surface area contributed by atoms with Crippen LogP contribution < -0.4 is 0 Å². The van der Waals surface area contributed by atoms with Gasteiger partial charge in [0.25, 0.3) is 0 Å². The summed E-state index contributed by atoms with van der Waals surface area (Å²) in [6.45, 7) is 1.93. The van der Waals surface area contributed by atoms with Crippen molar-refractivity contribution in [1.82, 2.24) is 15.0 Å². The molecule has 0 saturated carbocycles. The van der Waals surface area contributed by atoms with Crippen molar-refractivity contribution in [2.75, 3.05) is 0 Å². The summed E-state index contributed by atoms with van der Waals surface area (Å²) in [7, 11) is 0. The van der Waals surface area contributed by atoms with Gasteiger partial charge in [0.2, 0.25) is 0 Å². The summed E-state index contributed by atoms with van der Waals surface area (Å²) in [5.41, 5.74) is 3.38. The van der Waals surface area contributed by atoms with E-state index in [9.17, 15) is 0 Å². The highest BCUT2D eigenvalue weighted by Crippen LogP contribution is 2.26. The average molecular weight is 278 g/mol. The Bertz CT molecular complexity index is 714. The van der Waals surface area contributed by atoms with E-state index in [0.717, 1.165) is 16.8 Å². The molecule has 0 aliphatic rings. The van der Waals surface area contributed by atoms with Gasteiger partial charge in [-0.05, 0) is 37.3 Å². The van der Waals surface area contributed by atoms with E-state index in [2.05, 4.69) is 15.0 Å². The number of halogens is 2. The first kappa shape index (κ1) is 11.5. The van der Waals surface area contributed by atoms with Crippen molar-refractivity contribution in [3.8, 4) is 11.4 Å². The molecule has 2 aromatic heterocycles. The Morgan fingerprint density at radius 1 is 1.00 bits per heavy atom. The third kappa shape index (κ3) is 2.07. The van der Waals surface area contributed by atoms with Crippen LogP contribution >= 0.6 is 23.2 Å². The van der Waals surface area contributed by atoms with Crippen LogP contribution in [0.5, 0.6) is 0 Å². The number of aromatic amines is 1. The quantitative estimate of drug-likeness (QED) is 0.723. The lowest BCUT2D eigenvalue weighted by Gasteiger charge is -1.98. The summed E-state index contributed by atoms with van der Waals surface area (Å²) in [6.07, 6.45) is 0. The Labute approximate surface area is 114 Å². The van der Waals surface area contributed by atoms with Crippen LogP contribution in [0.1, 0.15) is 5.69 Å². The van der Waals surface area contributed by atoms with E-state index in [1.54, 1.807) is 6.07 Å². The van der Waals surface area contributed by atoms with Crippen molar-refractivity contribution in [2.24, 2.45) is 0 Å². The van der Waals surface area contributed by atoms with Crippen LogP contribution in [0.4, 0.5) is 0 Å². The first-order chi connectivity index (χ1) is 8.61. The fraction of sp³-hybridized carbons (Fsp3) is 0.0769. The number of fused-ring (bicyclic) bond motifs is 1. The minimum absolute atomic E-state index is 0.585. The van der Waals surface area contributed by atoms with Crippen LogP contribution in [-0.4, -0.2) is 15.0 Å². The molecular weight excluding hydrogens is 269 g/mol. The van der Waals surface area contributed by atoms with Crippen LogP contribution in [0.25, 0.3) is 22.6 Å². The average Bonchev–Trinajstić information content (AvgIpc) is 2.70. The molecule has 3 nitrogen and oxygen atoms in total. The maximum atomic E-state index is 5.98. The third-order valence-corrected chi connectivity index (χ3v) is 3.06. The van der Waals surface area contributed by atoms with Gasteiger partial charge in [-0.3, -0.25) is 0 Å². The van der Waals surface area contributed by atoms with E-state index in [4.69, 9.17) is 23.2 Å². The Hall–Kier alpha value is -1.58. The number of pyridine rings is 1. The number of H-pyrrole nitrogens is 1. The maximum Gasteiger partial charge on any atom is 0.178 e. The first-order valence-electron chi connectivity index (χ1n) is 5.42. The molecule has 90 valence electrons. The van der Waals surface area contributed by atoms with Crippen molar-refractivity contribution >= 4 is 34.4 Å². The normalized spacial score (nSPS) is 11.1. The number of rotatable bonds is 1. The zero-order chi connectivity index (χ0) is 12.7. The van der Waals surface area contributed by atoms with Crippen LogP contribution in [0.3, 0.4) is 0 Å². The molecule has 0 aliphatic heterocycles. The zero-order valence-corrected chi connectivity index (χ0v) is 11.0. The topological polar surface area (TPSA) is 41.6 Å². The number of hydrogen-bond acceptors (Lipinski definition) is 2. The van der Waals surface area contributed by atoms with Crippen LogP contribution in [0.2, 0.25) is 10.0 Å². The highest BCUT2D eigenvalue weighted by Gasteiger charge is 2.08. The molecule has 18 heavy (non-hydrogen) atoms. The fourth-order valence-electron chi connectivity index (χ4n) is 1.81. The second-order valence-corrected chi connectivity index (χ2v) is 4.94. The van der Waals surface area contributed by atoms with Crippen LogP contribution in [-0.2, 0) is 0 Å². The predicted molar refractivity (Wildman–Crippen MR) is 74.1 cm³/mol. The van der Waals surface area contributed by atoms with Gasteiger partial charge in [-0.1, -0.05) is 23.2 Å². The molecular formula is C13H9Cl2N3. The van der Waals surface area contributed by atoms with Crippen molar-refractivity contribution in [2.45, 2.75) is 6.92 Å². The predicted octanol–water partition coefficient (Wildman–Crippen LogP) is 4.24. The second kappa shape index (κ2) is 4.26. The number of benzene rings is 1. The van der Waals surface area contributed by atoms with Gasteiger partial charge in [-0.25, -0.2) is 9.97 Å². The molecule has 0 atom stereocenters. The molecule has 3 aromatic rings. The lowest BCUT2D eigenvalue weighted by molar-refractivity contribution is 1.22. The Morgan fingerprint density at radius 3 is 2.44 bits per heavy atom. The number of aromatic nitrogens is 3. The summed E-state index contributed by atoms with van der Waals surface area (Å²) in [6, 6.07) is 9.23. The monoisotopic (exact) mass is 277 g/mol. The summed E-state index contributed by atoms with van der Waals surface area (Å²) in [5, 5.41) is 1.17. The third-order valence-electron chi connectivity index (χ3n) is 2.62. The van der Waals surface area contributed by atoms with E-state index in [-0.39, 0.29) is 0 Å². The Morgan fingerprint density at radius 2 is 1.72 bits per heavy atom. The number of nitrogens with one attached hydrogen (secondary N) is 1. The molecule has 0 fully saturated rings. The number of aryl methyl sites for hydroxylation is 1. The summed E-state index contributed by atoms with van der Waals surface area (Å²) in [5.74, 6) is 0.715. The van der Waals surface area contributed by atoms with E-state index < -0.39 is 0 Å². The van der Waals surface area contributed by atoms with Crippen molar-refractivity contribution in [1.29, 1.82) is 0 Å². The number of nitrogens with zero attached hydrogens (tertiary/aromatic N) is 2. The molecule has 1 N–H and O–H groups in total. The molecule has 3 rings (SSSR count). The molecule has 5 heteroatoms. The van der Waals surface area contributed by atoms with Gasteiger partial charge in [0.15, 0.2) is 5.65 Å². The molecule has 0 aliphatic carbocycles. The zero-order valence-electron chi connectivity index (χ0n) is 9.54. The Kier molecular flexibility index (Phi) is 2.73. The van der Waals surface area contributed by atoms with E-state index in [0.29, 0.717) is 21.5 Å². The number of imidazole rings is 1. The molecule has 0 spiro atoms. The summed E-state index contributed by atoms with van der Waals surface area (Å²) < 4.78 is 0. The number of hydrogen-bond donors (Lipinski definition) is 1. The van der Waals surface area contributed by atoms with Gasteiger partial charge in [0.1, 0.15) is 5.82 Å². The lowest BCUT2D eigenvalue weighted by Crippen LogP contribution is -1.81. The SMILES string of the molecule is Cc1ccc2[nH]c(-c3cc(Cl)cc(Cl)c3)nc2n1. The smallest absolute Gasteiger partial charge is 0.178 e. The second-order valence-electron chi connectivity index (χ2n) is 4.07. The Balaban J connectivity index is 2.19. The van der Waals surface area contributed by atoms with Gasteiger partial charge < -0.3 is 4.98 Å². The standard InChI is InChI=1S/C13H9Cl2N3/c1-7-2-3-11-13(16-7)18-12(17-11)8-4-9(14)6-10(15)5-8/h2-6H,1H3,(H,16,17,18). The van der Waals surface area contributed by atoms with Crippen LogP contribution in [0.15, 0.2) is 30.3 Å². The molecule has 0 unspecified atom stereocenters. The van der Waals surface area contributed by atoms with E-state index in [1.165, 1.54) is 0 Å². The molecule has 1 aromatic carbocycles. The molecule has 0 radical (unpaired) electrons. The molecule has 0 bridgehead atoms. The minimum atomic E-state index is 0.585. The highest BCUT2D eigenvalue weighted by molar-refractivity contribution is 6.35. The van der Waals surface area contributed by atoms with Crippen LogP contribution in [0, 0.1) is 6.92 Å². The molecule has 0 amide bonds. The largest absolute Gasteiger partial charge is 0.337 e. The maximum absolute atomic E-state index is 5.98. The summed E-state index contributed by atoms with van der Waals surface area (Å²) >= 11 is 12.0. The van der Waals surface area contributed by atoms with Gasteiger partial charge in [-0.2, -0.15) is 0 Å². The molecule has 0 saturated heterocycles. The fourth-order valence-corrected chi connectivity index (χ4v) is 2.34. The van der Waals surface area contributed by atoms with Crippen molar-refractivity contribution in [3.63, 3.8) is 0 Å².